The second-order valence-electron chi connectivity index (χ2n) is 3.53. The van der Waals surface area contributed by atoms with Crippen LogP contribution in [0.15, 0.2) is 18.5 Å². The lowest BCUT2D eigenvalue weighted by Crippen LogP contribution is -2.31. The van der Waals surface area contributed by atoms with Crippen LogP contribution in [-0.4, -0.2) is 42.4 Å². The molecule has 0 fully saturated rings. The lowest BCUT2D eigenvalue weighted by atomic mass is 10.2. The van der Waals surface area contributed by atoms with Crippen molar-refractivity contribution >= 4 is 11.6 Å². The predicted octanol–water partition coefficient (Wildman–Crippen LogP) is 1.85. The number of nitrogens with zero attached hydrogens (tertiary/aromatic N) is 2. The van der Waals surface area contributed by atoms with E-state index in [-0.39, 0.29) is 0 Å². The Morgan fingerprint density at radius 2 is 2.29 bits per heavy atom. The Balaban J connectivity index is 2.87. The number of aromatic nitrogens is 1. The summed E-state index contributed by atoms with van der Waals surface area (Å²) in [6, 6.07) is 1.65. The van der Waals surface area contributed by atoms with E-state index in [0.29, 0.717) is 17.8 Å². The molecule has 0 saturated carbocycles. The van der Waals surface area contributed by atoms with Crippen LogP contribution in [-0.2, 0) is 0 Å². The van der Waals surface area contributed by atoms with Crippen LogP contribution in [0.1, 0.15) is 17.3 Å². The quantitative estimate of drug-likeness (QED) is 0.858. The highest BCUT2D eigenvalue weighted by atomic mass is 19.3. The van der Waals surface area contributed by atoms with Crippen LogP contribution in [0.3, 0.4) is 0 Å². The molecular weight excluding hydrogens is 228 g/mol. The van der Waals surface area contributed by atoms with E-state index in [2.05, 4.69) is 10.3 Å². The minimum absolute atomic E-state index is 0.303. The summed E-state index contributed by atoms with van der Waals surface area (Å²) in [6.07, 6.45) is 0.382. The number of nitrogens with one attached hydrogen (secondary N) is 1. The van der Waals surface area contributed by atoms with E-state index in [1.54, 1.807) is 12.3 Å². The Hall–Kier alpha value is -1.72. The summed E-state index contributed by atoms with van der Waals surface area (Å²) in [6.45, 7) is 1.94. The van der Waals surface area contributed by atoms with Crippen molar-refractivity contribution in [3.63, 3.8) is 0 Å². The van der Waals surface area contributed by atoms with E-state index >= 15 is 0 Å². The Bertz CT molecular complexity index is 385. The maximum absolute atomic E-state index is 12.2. The van der Waals surface area contributed by atoms with Crippen LogP contribution in [0.5, 0.6) is 0 Å². The molecule has 1 aromatic heterocycles. The summed E-state index contributed by atoms with van der Waals surface area (Å²) in [5.74, 6) is -0.464. The highest BCUT2D eigenvalue weighted by molar-refractivity contribution is 5.99. The first-order valence-electron chi connectivity index (χ1n) is 5.27. The van der Waals surface area contributed by atoms with Crippen molar-refractivity contribution in [1.29, 1.82) is 0 Å². The molecule has 0 aliphatic heterocycles. The van der Waals surface area contributed by atoms with Crippen LogP contribution < -0.4 is 5.32 Å². The van der Waals surface area contributed by atoms with Crippen LogP contribution in [0, 0.1) is 0 Å². The van der Waals surface area contributed by atoms with Gasteiger partial charge < -0.3 is 10.2 Å². The zero-order chi connectivity index (χ0) is 12.8. The van der Waals surface area contributed by atoms with Gasteiger partial charge in [-0.15, -0.1) is 0 Å². The number of alkyl halides is 2. The van der Waals surface area contributed by atoms with Crippen molar-refractivity contribution < 1.29 is 13.6 Å². The fraction of sp³-hybridized carbons (Fsp3) is 0.455. The fourth-order valence-electron chi connectivity index (χ4n) is 1.41. The second-order valence-corrected chi connectivity index (χ2v) is 3.53. The van der Waals surface area contributed by atoms with Gasteiger partial charge in [0.05, 0.1) is 17.8 Å². The molecule has 1 amide bonds. The van der Waals surface area contributed by atoms with Gasteiger partial charge in [-0.3, -0.25) is 9.78 Å². The largest absolute Gasteiger partial charge is 0.385 e. The third-order valence-corrected chi connectivity index (χ3v) is 2.18. The number of anilines is 1. The molecule has 0 aliphatic rings. The second kappa shape index (κ2) is 6.12. The first kappa shape index (κ1) is 13.3. The van der Waals surface area contributed by atoms with Crippen molar-refractivity contribution in [2.45, 2.75) is 13.3 Å². The number of carbonyl (C=O) groups excluding carboxylic acids is 1. The maximum Gasteiger partial charge on any atom is 0.257 e. The van der Waals surface area contributed by atoms with Gasteiger partial charge in [0, 0.05) is 26.0 Å². The van der Waals surface area contributed by atoms with Crippen LogP contribution >= 0.6 is 0 Å². The van der Waals surface area contributed by atoms with Crippen LogP contribution in [0.2, 0.25) is 0 Å². The van der Waals surface area contributed by atoms with Crippen LogP contribution in [0.25, 0.3) is 0 Å². The Kier molecular flexibility index (Phi) is 4.81. The molecular formula is C11H15F2N3O. The first-order chi connectivity index (χ1) is 8.06. The van der Waals surface area contributed by atoms with Crippen LogP contribution in [0.4, 0.5) is 14.5 Å². The third kappa shape index (κ3) is 3.65. The van der Waals surface area contributed by atoms with E-state index < -0.39 is 18.9 Å². The molecule has 0 spiro atoms. The average Bonchev–Trinajstić information content (AvgIpc) is 2.28. The molecule has 0 aromatic carbocycles. The molecule has 0 radical (unpaired) electrons. The highest BCUT2D eigenvalue weighted by Crippen LogP contribution is 2.15. The Morgan fingerprint density at radius 3 is 2.88 bits per heavy atom. The molecule has 1 heterocycles. The van der Waals surface area contributed by atoms with Gasteiger partial charge in [0.25, 0.3) is 12.3 Å². The number of rotatable bonds is 5. The number of pyridine rings is 1. The standard InChI is InChI=1S/C11H15F2N3O/c1-3-15-9-4-5-14-6-8(9)11(17)16(2)7-10(12)13/h4-6,10H,3,7H2,1-2H3,(H,14,15). The molecule has 1 aromatic rings. The molecule has 94 valence electrons. The smallest absolute Gasteiger partial charge is 0.257 e. The molecule has 0 saturated heterocycles. The molecule has 6 heteroatoms. The van der Waals surface area contributed by atoms with Gasteiger partial charge in [0.1, 0.15) is 0 Å². The molecule has 17 heavy (non-hydrogen) atoms. The van der Waals surface area contributed by atoms with Gasteiger partial charge >= 0.3 is 0 Å². The van der Waals surface area contributed by atoms with Gasteiger partial charge in [0.2, 0.25) is 0 Å². The Morgan fingerprint density at radius 1 is 1.59 bits per heavy atom. The van der Waals surface area contributed by atoms with Crippen molar-refractivity contribution in [1.82, 2.24) is 9.88 Å². The third-order valence-electron chi connectivity index (χ3n) is 2.18. The van der Waals surface area contributed by atoms with Gasteiger partial charge in [-0.2, -0.15) is 0 Å². The van der Waals surface area contributed by atoms with Crippen molar-refractivity contribution in [3.8, 4) is 0 Å². The van der Waals surface area contributed by atoms with E-state index in [4.69, 9.17) is 0 Å². The van der Waals surface area contributed by atoms with Crippen molar-refractivity contribution in [2.24, 2.45) is 0 Å². The first-order valence-corrected chi connectivity index (χ1v) is 5.27. The molecule has 0 atom stereocenters. The maximum atomic E-state index is 12.2. The van der Waals surface area contributed by atoms with Crippen molar-refractivity contribution in [2.75, 3.05) is 25.5 Å². The minimum Gasteiger partial charge on any atom is -0.385 e. The molecule has 1 rings (SSSR count). The molecule has 4 nitrogen and oxygen atoms in total. The normalized spacial score (nSPS) is 10.4. The molecule has 0 aliphatic carbocycles. The number of amides is 1. The SMILES string of the molecule is CCNc1ccncc1C(=O)N(C)CC(F)F. The van der Waals surface area contributed by atoms with E-state index in [1.807, 2.05) is 6.92 Å². The number of carbonyl (C=O) groups is 1. The summed E-state index contributed by atoms with van der Waals surface area (Å²) in [5.41, 5.74) is 0.908. The monoisotopic (exact) mass is 243 g/mol. The summed E-state index contributed by atoms with van der Waals surface area (Å²) in [7, 11) is 1.34. The zero-order valence-corrected chi connectivity index (χ0v) is 9.78. The van der Waals surface area contributed by atoms with E-state index in [1.165, 1.54) is 13.2 Å². The van der Waals surface area contributed by atoms with Gasteiger partial charge in [-0.25, -0.2) is 8.78 Å². The predicted molar refractivity (Wildman–Crippen MR) is 61.4 cm³/mol. The number of halogens is 2. The zero-order valence-electron chi connectivity index (χ0n) is 9.78. The van der Waals surface area contributed by atoms with Crippen molar-refractivity contribution in [3.05, 3.63) is 24.0 Å². The summed E-state index contributed by atoms with van der Waals surface area (Å²) in [4.78, 5) is 16.7. The topological polar surface area (TPSA) is 45.2 Å². The van der Waals surface area contributed by atoms with Gasteiger partial charge in [-0.1, -0.05) is 0 Å². The van der Waals surface area contributed by atoms with E-state index in [9.17, 15) is 13.6 Å². The van der Waals surface area contributed by atoms with Gasteiger partial charge in [-0.05, 0) is 13.0 Å². The lowest BCUT2D eigenvalue weighted by Gasteiger charge is -2.18. The average molecular weight is 243 g/mol. The molecule has 1 N–H and O–H groups in total. The fourth-order valence-corrected chi connectivity index (χ4v) is 1.41. The highest BCUT2D eigenvalue weighted by Gasteiger charge is 2.18. The number of hydrogen-bond donors (Lipinski definition) is 1. The summed E-state index contributed by atoms with van der Waals surface area (Å²) < 4.78 is 24.4. The summed E-state index contributed by atoms with van der Waals surface area (Å²) in [5, 5.41) is 2.99. The molecule has 0 bridgehead atoms. The Labute approximate surface area is 98.6 Å². The number of hydrogen-bond acceptors (Lipinski definition) is 3. The lowest BCUT2D eigenvalue weighted by molar-refractivity contribution is 0.0621. The molecule has 0 unspecified atom stereocenters. The van der Waals surface area contributed by atoms with E-state index in [0.717, 1.165) is 4.90 Å². The summed E-state index contributed by atoms with van der Waals surface area (Å²) >= 11 is 0. The van der Waals surface area contributed by atoms with Gasteiger partial charge in [0.15, 0.2) is 0 Å². The minimum atomic E-state index is -2.54.